The molecule has 14 heavy (non-hydrogen) atoms. The lowest BCUT2D eigenvalue weighted by atomic mass is 10.2. The predicted octanol–water partition coefficient (Wildman–Crippen LogP) is 2.01. The first-order chi connectivity index (χ1) is 6.76. The van der Waals surface area contributed by atoms with E-state index in [2.05, 4.69) is 10.1 Å². The third-order valence-corrected chi connectivity index (χ3v) is 1.77. The molecule has 0 aliphatic carbocycles. The van der Waals surface area contributed by atoms with E-state index in [0.717, 1.165) is 11.3 Å². The lowest BCUT2D eigenvalue weighted by molar-refractivity contribution is 0.0669. The van der Waals surface area contributed by atoms with Gasteiger partial charge in [-0.2, -0.15) is 0 Å². The summed E-state index contributed by atoms with van der Waals surface area (Å²) >= 11 is 0. The Kier molecular flexibility index (Phi) is 3.79. The maximum Gasteiger partial charge on any atom is 0.508 e. The number of benzene rings is 1. The molecule has 1 aromatic rings. The minimum atomic E-state index is -0.664. The van der Waals surface area contributed by atoms with Crippen LogP contribution >= 0.6 is 0 Å². The molecule has 0 atom stereocenters. The van der Waals surface area contributed by atoms with Gasteiger partial charge in [0.1, 0.15) is 6.61 Å². The maximum absolute atomic E-state index is 10.7. The van der Waals surface area contributed by atoms with Crippen LogP contribution in [0.2, 0.25) is 0 Å². The van der Waals surface area contributed by atoms with Gasteiger partial charge >= 0.3 is 6.16 Å². The van der Waals surface area contributed by atoms with Crippen LogP contribution in [0, 0.1) is 0 Å². The van der Waals surface area contributed by atoms with Gasteiger partial charge in [0.05, 0.1) is 7.11 Å². The second kappa shape index (κ2) is 5.11. The molecule has 1 N–H and O–H groups in total. The maximum atomic E-state index is 10.7. The molecular weight excluding hydrogens is 182 g/mol. The van der Waals surface area contributed by atoms with Crippen molar-refractivity contribution < 1.29 is 14.3 Å². The smallest absolute Gasteiger partial charge is 0.438 e. The number of carbonyl (C=O) groups is 1. The Labute approximate surface area is 82.8 Å². The van der Waals surface area contributed by atoms with Gasteiger partial charge in [0, 0.05) is 12.7 Å². The zero-order valence-electron chi connectivity index (χ0n) is 8.24. The second-order valence-electron chi connectivity index (χ2n) is 2.69. The highest BCUT2D eigenvalue weighted by Crippen LogP contribution is 2.09. The summed E-state index contributed by atoms with van der Waals surface area (Å²) < 4.78 is 9.11. The molecule has 0 saturated carbocycles. The monoisotopic (exact) mass is 195 g/mol. The number of anilines is 1. The number of hydrogen-bond acceptors (Lipinski definition) is 4. The van der Waals surface area contributed by atoms with E-state index in [4.69, 9.17) is 4.74 Å². The van der Waals surface area contributed by atoms with Gasteiger partial charge < -0.3 is 14.8 Å². The Bertz CT molecular complexity index is 295. The number of ether oxygens (including phenoxy) is 2. The van der Waals surface area contributed by atoms with E-state index in [1.54, 1.807) is 0 Å². The topological polar surface area (TPSA) is 47.6 Å². The quantitative estimate of drug-likeness (QED) is 0.749. The van der Waals surface area contributed by atoms with Crippen molar-refractivity contribution in [2.24, 2.45) is 0 Å². The molecule has 0 saturated heterocycles. The van der Waals surface area contributed by atoms with Gasteiger partial charge in [0.25, 0.3) is 0 Å². The lowest BCUT2D eigenvalue weighted by Gasteiger charge is -2.04. The summed E-state index contributed by atoms with van der Waals surface area (Å²) in [5, 5.41) is 3.00. The SMILES string of the molecule is CNc1ccc(COC(=O)OC)cc1. The average Bonchev–Trinajstić information content (AvgIpc) is 2.26. The molecule has 0 aliphatic rings. The fraction of sp³-hybridized carbons (Fsp3) is 0.300. The molecule has 0 amide bonds. The first-order valence-corrected chi connectivity index (χ1v) is 4.23. The van der Waals surface area contributed by atoms with Crippen LogP contribution in [0.15, 0.2) is 24.3 Å². The van der Waals surface area contributed by atoms with Gasteiger partial charge in [-0.25, -0.2) is 4.79 Å². The van der Waals surface area contributed by atoms with Crippen LogP contribution in [0.3, 0.4) is 0 Å². The van der Waals surface area contributed by atoms with Crippen molar-refractivity contribution in [2.45, 2.75) is 6.61 Å². The lowest BCUT2D eigenvalue weighted by Crippen LogP contribution is -2.03. The minimum Gasteiger partial charge on any atom is -0.438 e. The summed E-state index contributed by atoms with van der Waals surface area (Å²) in [7, 11) is 3.13. The van der Waals surface area contributed by atoms with Crippen LogP contribution in [0.4, 0.5) is 10.5 Å². The summed E-state index contributed by atoms with van der Waals surface area (Å²) in [5.41, 5.74) is 1.95. The third-order valence-electron chi connectivity index (χ3n) is 1.77. The number of methoxy groups -OCH3 is 1. The summed E-state index contributed by atoms with van der Waals surface area (Å²) in [6.45, 7) is 0.233. The van der Waals surface area contributed by atoms with Crippen molar-refractivity contribution in [3.63, 3.8) is 0 Å². The van der Waals surface area contributed by atoms with Crippen LogP contribution in [-0.2, 0) is 16.1 Å². The van der Waals surface area contributed by atoms with Gasteiger partial charge in [-0.3, -0.25) is 0 Å². The van der Waals surface area contributed by atoms with Crippen LogP contribution in [-0.4, -0.2) is 20.3 Å². The Morgan fingerprint density at radius 3 is 2.50 bits per heavy atom. The van der Waals surface area contributed by atoms with Gasteiger partial charge in [-0.1, -0.05) is 12.1 Å². The molecular formula is C10H13NO3. The highest BCUT2D eigenvalue weighted by Gasteiger charge is 2.00. The van der Waals surface area contributed by atoms with Crippen LogP contribution in [0.25, 0.3) is 0 Å². The second-order valence-corrected chi connectivity index (χ2v) is 2.69. The molecule has 4 heteroatoms. The zero-order valence-corrected chi connectivity index (χ0v) is 8.24. The van der Waals surface area contributed by atoms with E-state index in [1.165, 1.54) is 7.11 Å². The molecule has 0 aromatic heterocycles. The van der Waals surface area contributed by atoms with Gasteiger partial charge in [0.2, 0.25) is 0 Å². The molecule has 0 fully saturated rings. The average molecular weight is 195 g/mol. The molecule has 0 spiro atoms. The van der Waals surface area contributed by atoms with Crippen molar-refractivity contribution in [2.75, 3.05) is 19.5 Å². The first-order valence-electron chi connectivity index (χ1n) is 4.23. The van der Waals surface area contributed by atoms with E-state index in [-0.39, 0.29) is 6.61 Å². The van der Waals surface area contributed by atoms with Crippen molar-refractivity contribution in [3.8, 4) is 0 Å². The predicted molar refractivity (Wildman–Crippen MR) is 53.2 cm³/mol. The normalized spacial score (nSPS) is 9.29. The molecule has 4 nitrogen and oxygen atoms in total. The third kappa shape index (κ3) is 2.97. The van der Waals surface area contributed by atoms with Crippen molar-refractivity contribution in [1.29, 1.82) is 0 Å². The van der Waals surface area contributed by atoms with E-state index in [1.807, 2.05) is 31.3 Å². The first kappa shape index (κ1) is 10.4. The molecule has 1 aromatic carbocycles. The molecule has 76 valence electrons. The number of hydrogen-bond donors (Lipinski definition) is 1. The largest absolute Gasteiger partial charge is 0.508 e. The van der Waals surface area contributed by atoms with Crippen LogP contribution in [0.5, 0.6) is 0 Å². The highest BCUT2D eigenvalue weighted by molar-refractivity contribution is 5.59. The Hall–Kier alpha value is -1.71. The zero-order chi connectivity index (χ0) is 10.4. The highest BCUT2D eigenvalue weighted by atomic mass is 16.7. The van der Waals surface area contributed by atoms with Crippen LogP contribution < -0.4 is 5.32 Å². The molecule has 0 bridgehead atoms. The molecule has 0 unspecified atom stereocenters. The molecule has 0 radical (unpaired) electrons. The number of carbonyl (C=O) groups excluding carboxylic acids is 1. The molecule has 0 heterocycles. The Morgan fingerprint density at radius 1 is 1.36 bits per heavy atom. The summed E-state index contributed by atoms with van der Waals surface area (Å²) in [5.74, 6) is 0. The number of rotatable bonds is 3. The fourth-order valence-corrected chi connectivity index (χ4v) is 0.969. The van der Waals surface area contributed by atoms with Crippen molar-refractivity contribution in [1.82, 2.24) is 0 Å². The number of nitrogens with one attached hydrogen (secondary N) is 1. The van der Waals surface area contributed by atoms with Crippen molar-refractivity contribution >= 4 is 11.8 Å². The summed E-state index contributed by atoms with van der Waals surface area (Å²) in [4.78, 5) is 10.7. The Morgan fingerprint density at radius 2 is 2.00 bits per heavy atom. The fourth-order valence-electron chi connectivity index (χ4n) is 0.969. The molecule has 1 rings (SSSR count). The van der Waals surface area contributed by atoms with Crippen LogP contribution in [0.1, 0.15) is 5.56 Å². The molecule has 0 aliphatic heterocycles. The summed E-state index contributed by atoms with van der Waals surface area (Å²) in [6, 6.07) is 7.59. The van der Waals surface area contributed by atoms with Gasteiger partial charge in [-0.15, -0.1) is 0 Å². The standard InChI is InChI=1S/C10H13NO3/c1-11-9-5-3-8(4-6-9)7-14-10(12)13-2/h3-6,11H,7H2,1-2H3. The van der Waals surface area contributed by atoms with E-state index >= 15 is 0 Å². The van der Waals surface area contributed by atoms with Gasteiger partial charge in [-0.05, 0) is 17.7 Å². The van der Waals surface area contributed by atoms with Gasteiger partial charge in [0.15, 0.2) is 0 Å². The van der Waals surface area contributed by atoms with E-state index < -0.39 is 6.16 Å². The summed E-state index contributed by atoms with van der Waals surface area (Å²) in [6.07, 6.45) is -0.664. The van der Waals surface area contributed by atoms with E-state index in [9.17, 15) is 4.79 Å². The van der Waals surface area contributed by atoms with Crippen molar-refractivity contribution in [3.05, 3.63) is 29.8 Å². The van der Waals surface area contributed by atoms with E-state index in [0.29, 0.717) is 0 Å². The minimum absolute atomic E-state index is 0.233. The Balaban J connectivity index is 2.47.